The number of rotatable bonds is 3. The van der Waals surface area contributed by atoms with Crippen molar-refractivity contribution in [2.75, 3.05) is 13.2 Å². The first-order chi connectivity index (χ1) is 5.45. The Hall–Kier alpha value is -0.730. The molecule has 0 aliphatic carbocycles. The third-order valence-electron chi connectivity index (χ3n) is 1.16. The molecule has 0 saturated heterocycles. The molecule has 0 aromatic carbocycles. The molecule has 12 heavy (non-hydrogen) atoms. The summed E-state index contributed by atoms with van der Waals surface area (Å²) in [5.41, 5.74) is 0.0452. The van der Waals surface area contributed by atoms with E-state index in [4.69, 9.17) is 4.74 Å². The summed E-state index contributed by atoms with van der Waals surface area (Å²) in [5, 5.41) is 2.64. The Bertz CT molecular complexity index is 138. The topological polar surface area (TPSA) is 38.3 Å². The summed E-state index contributed by atoms with van der Waals surface area (Å²) in [7, 11) is 0. The number of hydrogen-bond acceptors (Lipinski definition) is 2. The second kappa shape index (κ2) is 5.01. The predicted octanol–water partition coefficient (Wildman–Crippen LogP) is 2.17. The maximum Gasteiger partial charge on any atom is 0.407 e. The first kappa shape index (κ1) is 11.3. The molecule has 1 N–H and O–H groups in total. The highest BCUT2D eigenvalue weighted by molar-refractivity contribution is 5.67. The van der Waals surface area contributed by atoms with Crippen molar-refractivity contribution in [3.8, 4) is 0 Å². The van der Waals surface area contributed by atoms with Gasteiger partial charge in [0.2, 0.25) is 0 Å². The lowest BCUT2D eigenvalue weighted by molar-refractivity contribution is 0.106. The van der Waals surface area contributed by atoms with Crippen LogP contribution >= 0.6 is 0 Å². The Morgan fingerprint density at radius 3 is 2.42 bits per heavy atom. The minimum absolute atomic E-state index is 0.0452. The van der Waals surface area contributed by atoms with Crippen LogP contribution in [0.25, 0.3) is 0 Å². The molecule has 0 aliphatic heterocycles. The second-order valence-electron chi connectivity index (χ2n) is 4.06. The second-order valence-corrected chi connectivity index (χ2v) is 4.06. The molecule has 0 bridgehead atoms. The van der Waals surface area contributed by atoms with Crippen molar-refractivity contribution >= 4 is 6.09 Å². The van der Waals surface area contributed by atoms with Gasteiger partial charge in [0.15, 0.2) is 0 Å². The Morgan fingerprint density at radius 1 is 1.42 bits per heavy atom. The molecule has 0 rings (SSSR count). The van der Waals surface area contributed by atoms with Crippen molar-refractivity contribution in [1.82, 2.24) is 5.32 Å². The van der Waals surface area contributed by atoms with Crippen molar-refractivity contribution in [3.05, 3.63) is 0 Å². The first-order valence-electron chi connectivity index (χ1n) is 4.36. The Morgan fingerprint density at radius 2 is 2.00 bits per heavy atom. The average molecular weight is 173 g/mol. The fraction of sp³-hybridized carbons (Fsp3) is 0.889. The fourth-order valence-corrected chi connectivity index (χ4v) is 0.560. The SMILES string of the molecule is CCCNC(=O)OCC(C)(C)C. The molecule has 0 heterocycles. The van der Waals surface area contributed by atoms with Gasteiger partial charge in [0.05, 0.1) is 6.61 Å². The van der Waals surface area contributed by atoms with Crippen LogP contribution in [-0.4, -0.2) is 19.2 Å². The minimum atomic E-state index is -0.313. The number of amides is 1. The van der Waals surface area contributed by atoms with Crippen LogP contribution in [0.5, 0.6) is 0 Å². The third-order valence-corrected chi connectivity index (χ3v) is 1.16. The monoisotopic (exact) mass is 173 g/mol. The molecular formula is C9H19NO2. The van der Waals surface area contributed by atoms with E-state index in [9.17, 15) is 4.79 Å². The zero-order chi connectivity index (χ0) is 9.61. The molecule has 1 amide bonds. The number of hydrogen-bond donors (Lipinski definition) is 1. The maximum atomic E-state index is 10.9. The van der Waals surface area contributed by atoms with Gasteiger partial charge in [-0.2, -0.15) is 0 Å². The standard InChI is InChI=1S/C9H19NO2/c1-5-6-10-8(11)12-7-9(2,3)4/h5-7H2,1-4H3,(H,10,11). The molecule has 3 heteroatoms. The summed E-state index contributed by atoms with van der Waals surface area (Å²) in [5.74, 6) is 0. The Kier molecular flexibility index (Phi) is 4.71. The molecule has 0 aromatic heterocycles. The largest absolute Gasteiger partial charge is 0.449 e. The molecular weight excluding hydrogens is 154 g/mol. The molecule has 0 aromatic rings. The van der Waals surface area contributed by atoms with Crippen molar-refractivity contribution in [2.24, 2.45) is 5.41 Å². The van der Waals surface area contributed by atoms with E-state index in [0.717, 1.165) is 6.42 Å². The summed E-state index contributed by atoms with van der Waals surface area (Å²) in [6.07, 6.45) is 0.622. The van der Waals surface area contributed by atoms with E-state index in [1.165, 1.54) is 0 Å². The van der Waals surface area contributed by atoms with E-state index in [0.29, 0.717) is 13.2 Å². The van der Waals surface area contributed by atoms with Gasteiger partial charge in [-0.15, -0.1) is 0 Å². The lowest BCUT2D eigenvalue weighted by Gasteiger charge is -2.17. The van der Waals surface area contributed by atoms with Gasteiger partial charge in [-0.05, 0) is 11.8 Å². The normalized spacial score (nSPS) is 11.0. The minimum Gasteiger partial charge on any atom is -0.449 e. The number of carbonyl (C=O) groups excluding carboxylic acids is 1. The predicted molar refractivity (Wildman–Crippen MR) is 49.1 cm³/mol. The highest BCUT2D eigenvalue weighted by Crippen LogP contribution is 2.12. The van der Waals surface area contributed by atoms with Gasteiger partial charge in [0.25, 0.3) is 0 Å². The first-order valence-corrected chi connectivity index (χ1v) is 4.36. The quantitative estimate of drug-likeness (QED) is 0.710. The highest BCUT2D eigenvalue weighted by Gasteiger charge is 2.12. The zero-order valence-corrected chi connectivity index (χ0v) is 8.44. The van der Waals surface area contributed by atoms with Crippen LogP contribution in [-0.2, 0) is 4.74 Å². The summed E-state index contributed by atoms with van der Waals surface area (Å²) in [6, 6.07) is 0. The van der Waals surface area contributed by atoms with Crippen molar-refractivity contribution in [2.45, 2.75) is 34.1 Å². The highest BCUT2D eigenvalue weighted by atomic mass is 16.5. The average Bonchev–Trinajstić information content (AvgIpc) is 1.95. The van der Waals surface area contributed by atoms with Gasteiger partial charge in [-0.3, -0.25) is 0 Å². The molecule has 72 valence electrons. The van der Waals surface area contributed by atoms with Gasteiger partial charge in [-0.25, -0.2) is 4.79 Å². The summed E-state index contributed by atoms with van der Waals surface area (Å²) < 4.78 is 4.96. The summed E-state index contributed by atoms with van der Waals surface area (Å²) in [6.45, 7) is 9.23. The van der Waals surface area contributed by atoms with Crippen molar-refractivity contribution in [1.29, 1.82) is 0 Å². The molecule has 0 atom stereocenters. The molecule has 0 fully saturated rings. The Labute approximate surface area is 74.5 Å². The molecule has 0 radical (unpaired) electrons. The molecule has 0 unspecified atom stereocenters. The van der Waals surface area contributed by atoms with Gasteiger partial charge in [0, 0.05) is 6.54 Å². The van der Waals surface area contributed by atoms with Crippen LogP contribution < -0.4 is 5.32 Å². The molecule has 0 saturated carbocycles. The molecule has 0 aliphatic rings. The van der Waals surface area contributed by atoms with E-state index < -0.39 is 0 Å². The van der Waals surface area contributed by atoms with Crippen LogP contribution in [0.3, 0.4) is 0 Å². The lowest BCUT2D eigenvalue weighted by Crippen LogP contribution is -2.28. The van der Waals surface area contributed by atoms with Crippen LogP contribution in [0, 0.1) is 5.41 Å². The zero-order valence-electron chi connectivity index (χ0n) is 8.44. The molecule has 3 nitrogen and oxygen atoms in total. The van der Waals surface area contributed by atoms with Crippen LogP contribution in [0.2, 0.25) is 0 Å². The van der Waals surface area contributed by atoms with Gasteiger partial charge >= 0.3 is 6.09 Å². The third kappa shape index (κ3) is 7.38. The van der Waals surface area contributed by atoms with Crippen molar-refractivity contribution < 1.29 is 9.53 Å². The van der Waals surface area contributed by atoms with E-state index in [-0.39, 0.29) is 11.5 Å². The summed E-state index contributed by atoms with van der Waals surface area (Å²) in [4.78, 5) is 10.9. The van der Waals surface area contributed by atoms with Gasteiger partial charge in [-0.1, -0.05) is 27.7 Å². The molecule has 0 spiro atoms. The van der Waals surface area contributed by atoms with Crippen LogP contribution in [0.15, 0.2) is 0 Å². The van der Waals surface area contributed by atoms with E-state index in [1.807, 2.05) is 27.7 Å². The number of alkyl carbamates (subject to hydrolysis) is 1. The smallest absolute Gasteiger partial charge is 0.407 e. The van der Waals surface area contributed by atoms with Crippen LogP contribution in [0.1, 0.15) is 34.1 Å². The summed E-state index contributed by atoms with van der Waals surface area (Å²) >= 11 is 0. The van der Waals surface area contributed by atoms with Gasteiger partial charge < -0.3 is 10.1 Å². The van der Waals surface area contributed by atoms with Gasteiger partial charge in [0.1, 0.15) is 0 Å². The van der Waals surface area contributed by atoms with Crippen LogP contribution in [0.4, 0.5) is 4.79 Å². The lowest BCUT2D eigenvalue weighted by atomic mass is 9.99. The number of ether oxygens (including phenoxy) is 1. The number of carbonyl (C=O) groups is 1. The fourth-order valence-electron chi connectivity index (χ4n) is 0.560. The number of nitrogens with one attached hydrogen (secondary N) is 1. The van der Waals surface area contributed by atoms with E-state index in [2.05, 4.69) is 5.32 Å². The van der Waals surface area contributed by atoms with E-state index >= 15 is 0 Å². The Balaban J connectivity index is 3.44. The maximum absolute atomic E-state index is 10.9. The van der Waals surface area contributed by atoms with E-state index in [1.54, 1.807) is 0 Å². The van der Waals surface area contributed by atoms with Crippen molar-refractivity contribution in [3.63, 3.8) is 0 Å².